The van der Waals surface area contributed by atoms with E-state index in [1.807, 2.05) is 0 Å². The van der Waals surface area contributed by atoms with Crippen LogP contribution in [0.5, 0.6) is 0 Å². The standard InChI is InChI=1S/CH2O3.3Al.3Mg.8H2O.10O.4Si/c2-1(3)4;;;;;;;;;;;;;;;;;;;;;;;;;;;;/h(H2,2,3,4);;;;;;;8*1H2;;;;;;;;;;;;;;/q;;2*+3;3*+2;;;;;;;;;10*-2;4*+4/p-3. The quantitative estimate of drug-likeness (QED) is 0.235. The van der Waals surface area contributed by atoms with E-state index >= 15 is 0 Å². The number of rotatable bonds is 0. The van der Waals surface area contributed by atoms with Gasteiger partial charge in [0.25, 0.3) is 0 Å². The molecule has 0 saturated heterocycles. The van der Waals surface area contributed by atoms with E-state index in [0.29, 0.717) is 0 Å². The third-order valence-corrected chi connectivity index (χ3v) is 0. The monoisotopic (exact) mass is 628 g/mol. The van der Waals surface area contributed by atoms with Crippen LogP contribution in [-0.4, -0.2) is 215 Å². The Morgan fingerprint density at radius 1 is 0.406 bits per heavy atom. The van der Waals surface area contributed by atoms with Gasteiger partial charge in [-0.05, 0) is 6.16 Å². The van der Waals surface area contributed by atoms with Crippen molar-refractivity contribution in [3.05, 3.63) is 0 Å². The molecule has 21 nitrogen and oxygen atoms in total. The third kappa shape index (κ3) is 3170. The zero-order chi connectivity index (χ0) is 3.58. The third-order valence-electron chi connectivity index (χ3n) is 0. The van der Waals surface area contributed by atoms with Gasteiger partial charge in [-0.1, -0.05) is 0 Å². The molecule has 0 unspecified atom stereocenters. The molecule has 0 aliphatic carbocycles. The van der Waals surface area contributed by atoms with Crippen LogP contribution in [0.15, 0.2) is 0 Å². The van der Waals surface area contributed by atoms with Gasteiger partial charge < -0.3 is 114 Å². The van der Waals surface area contributed by atoms with E-state index in [-0.39, 0.29) is 264 Å². The van der Waals surface area contributed by atoms with Crippen molar-refractivity contribution in [1.29, 1.82) is 0 Å². The van der Waals surface area contributed by atoms with Gasteiger partial charge in [-0.3, -0.25) is 0 Å². The Morgan fingerprint density at radius 2 is 0.406 bits per heavy atom. The molecule has 31 heteroatoms. The normalized spacial score (nSPS) is 0.750. The summed E-state index contributed by atoms with van der Waals surface area (Å²) in [6.07, 6.45) is -2.33. The molecule has 0 aromatic heterocycles. The van der Waals surface area contributed by atoms with Gasteiger partial charge in [-0.25, -0.2) is 0 Å². The molecule has 0 aromatic carbocycles. The first-order chi connectivity index (χ1) is 1.73. The molecule has 0 aromatic rings. The van der Waals surface area contributed by atoms with E-state index in [0.717, 1.165) is 0 Å². The molecule has 171 valence electrons. The van der Waals surface area contributed by atoms with Crippen molar-refractivity contribution in [2.45, 2.75) is 0 Å². The fraction of sp³-hybridized carbons (Fsp3) is 0. The van der Waals surface area contributed by atoms with E-state index in [4.69, 9.17) is 15.0 Å². The topological polar surface area (TPSA) is 599 Å². The summed E-state index contributed by atoms with van der Waals surface area (Å²) in [7, 11) is 0. The van der Waals surface area contributed by atoms with Crippen LogP contribution in [0, 0.1) is 0 Å². The van der Waals surface area contributed by atoms with E-state index in [2.05, 4.69) is 0 Å². The van der Waals surface area contributed by atoms with Crippen molar-refractivity contribution < 1.29 is 114 Å². The van der Waals surface area contributed by atoms with Gasteiger partial charge in [0.2, 0.25) is 0 Å². The maximum absolute atomic E-state index is 8.33. The number of hydrogen-bond acceptors (Lipinski definition) is 4. The second kappa shape index (κ2) is 955. The fourth-order valence-corrected chi connectivity index (χ4v) is 0. The summed E-state index contributed by atoms with van der Waals surface area (Å²) < 4.78 is 0. The van der Waals surface area contributed by atoms with Crippen LogP contribution in [0.3, 0.4) is 0 Å². The number of carbonyl (C=O) groups excluding carboxylic acids is 1. The van der Waals surface area contributed by atoms with Gasteiger partial charge in [-0.15, -0.1) is 0 Å². The zero-order valence-electron chi connectivity index (χ0n) is 15.6. The Labute approximate surface area is 282 Å². The van der Waals surface area contributed by atoms with E-state index in [1.165, 1.54) is 0 Å². The maximum atomic E-state index is 8.33. The summed E-state index contributed by atoms with van der Waals surface area (Å²) in [4.78, 5) is 8.33. The maximum Gasteiger partial charge on any atom is 4.00 e. The molecule has 3 radical (unpaired) electrons. The molecular weight excluding hydrogens is 614 g/mol. The Balaban J connectivity index is -0.000000000119. The Hall–Kier alpha value is 3.31. The number of hydrogen-bond donors (Lipinski definition) is 0. The van der Waals surface area contributed by atoms with Crippen molar-refractivity contribution >= 4 is 171 Å². The van der Waals surface area contributed by atoms with Crippen LogP contribution in [0.2, 0.25) is 0 Å². The summed E-state index contributed by atoms with van der Waals surface area (Å²) in [5, 5.41) is 16.7. The van der Waals surface area contributed by atoms with Gasteiger partial charge in [0.15, 0.2) is 0 Å². The molecule has 0 fully saturated rings. The molecule has 15 N–H and O–H groups in total. The molecule has 0 spiro atoms. The van der Waals surface area contributed by atoms with Gasteiger partial charge in [0, 0.05) is 17.4 Å². The van der Waals surface area contributed by atoms with Crippen LogP contribution in [-0.2, 0) is 54.8 Å². The van der Waals surface area contributed by atoms with Gasteiger partial charge >= 0.3 is 148 Å². The van der Waals surface area contributed by atoms with Crippen molar-refractivity contribution in [3.8, 4) is 0 Å². The smallest absolute Gasteiger partial charge is 2.00 e. The molecular formula is CH15Al3Mg3O21Si4+5. The van der Waals surface area contributed by atoms with Crippen LogP contribution >= 0.6 is 0 Å². The average Bonchev–Trinajstić information content (AvgIpc) is 0.811. The molecule has 0 rings (SSSR count). The molecule has 0 bridgehead atoms. The first kappa shape index (κ1) is 1040. The van der Waals surface area contributed by atoms with Crippen molar-refractivity contribution in [1.82, 2.24) is 0 Å². The van der Waals surface area contributed by atoms with Gasteiger partial charge in [0.05, 0.1) is 0 Å². The SMILES string of the molecule is O.O.O.O.O.O.O.O=C([O-])[O-].[Al+3].[Al+3].[Al].[Mg+2].[Mg+2].[Mg+2].[O-2].[O-2].[O-2].[O-2].[O-2].[O-2].[O-2].[O-2].[O-2].[O-2].[OH-].[Si+4].[Si+4].[Si+4].[Si+4]. The predicted octanol–water partition coefficient (Wildman–Crippen LogP) is -13.4. The summed E-state index contributed by atoms with van der Waals surface area (Å²) in [6.45, 7) is 0. The molecule has 0 atom stereocenters. The van der Waals surface area contributed by atoms with Crippen molar-refractivity contribution in [3.63, 3.8) is 0 Å². The minimum Gasteiger partial charge on any atom is -2.00 e. The summed E-state index contributed by atoms with van der Waals surface area (Å²) in [5.74, 6) is 0. The molecule has 0 amide bonds. The fourth-order valence-electron chi connectivity index (χ4n) is 0. The summed E-state index contributed by atoms with van der Waals surface area (Å²) in [6, 6.07) is 0. The molecule has 32 heavy (non-hydrogen) atoms. The predicted molar refractivity (Wildman–Crippen MR) is 97.0 cm³/mol. The van der Waals surface area contributed by atoms with Crippen LogP contribution in [0.25, 0.3) is 0 Å². The van der Waals surface area contributed by atoms with Crippen LogP contribution in [0.1, 0.15) is 0 Å². The number of carboxylic acid groups (broad SMARTS) is 2. The summed E-state index contributed by atoms with van der Waals surface area (Å²) >= 11 is 0. The minimum atomic E-state index is -2.33. The van der Waals surface area contributed by atoms with Crippen molar-refractivity contribution in [2.75, 3.05) is 0 Å². The Bertz CT molecular complexity index is 73.3. The van der Waals surface area contributed by atoms with Crippen LogP contribution in [0.4, 0.5) is 4.79 Å². The van der Waals surface area contributed by atoms with Crippen LogP contribution < -0.4 is 10.2 Å². The molecule has 0 heterocycles. The Kier molecular flexibility index (Phi) is 31100. The minimum absolute atomic E-state index is 0. The zero-order valence-corrected chi connectivity index (χ0v) is 27.3. The molecule has 0 aliphatic rings. The Morgan fingerprint density at radius 3 is 0.406 bits per heavy atom. The second-order valence-corrected chi connectivity index (χ2v) is 0.250. The first-order valence-electron chi connectivity index (χ1n) is 0.612. The van der Waals surface area contributed by atoms with E-state index < -0.39 is 6.16 Å². The largest absolute Gasteiger partial charge is 4.00 e. The number of carbonyl (C=O) groups is 1. The second-order valence-electron chi connectivity index (χ2n) is 0.250. The first-order valence-corrected chi connectivity index (χ1v) is 0.612. The molecule has 0 aliphatic heterocycles. The van der Waals surface area contributed by atoms with Gasteiger partial charge in [-0.2, -0.15) is 0 Å². The molecule has 0 saturated carbocycles. The van der Waals surface area contributed by atoms with E-state index in [1.54, 1.807) is 0 Å². The van der Waals surface area contributed by atoms with Gasteiger partial charge in [0.1, 0.15) is 0 Å². The van der Waals surface area contributed by atoms with E-state index in [9.17, 15) is 0 Å². The summed E-state index contributed by atoms with van der Waals surface area (Å²) in [5.41, 5.74) is 0. The van der Waals surface area contributed by atoms with Crippen molar-refractivity contribution in [2.24, 2.45) is 0 Å². The average molecular weight is 629 g/mol.